The van der Waals surface area contributed by atoms with Crippen LogP contribution in [0.5, 0.6) is 17.2 Å². The van der Waals surface area contributed by atoms with Gasteiger partial charge in [-0.05, 0) is 34.4 Å². The normalized spacial score (nSPS) is 12.0. The molecule has 0 bridgehead atoms. The molecule has 0 fully saturated rings. The Morgan fingerprint density at radius 2 is 1.71 bits per heavy atom. The van der Waals surface area contributed by atoms with Gasteiger partial charge in [0.1, 0.15) is 17.2 Å². The molecule has 4 nitrogen and oxygen atoms in total. The van der Waals surface area contributed by atoms with Crippen molar-refractivity contribution in [3.8, 4) is 17.2 Å². The fraction of sp³-hybridized carbons (Fsp3) is 0.333. The van der Waals surface area contributed by atoms with Gasteiger partial charge in [0.2, 0.25) is 0 Å². The van der Waals surface area contributed by atoms with Crippen molar-refractivity contribution in [2.45, 2.75) is 6.04 Å². The molecule has 21 heavy (non-hydrogen) atoms. The molecule has 0 aliphatic rings. The van der Waals surface area contributed by atoms with E-state index in [1.165, 1.54) is 4.88 Å². The molecule has 0 saturated heterocycles. The lowest BCUT2D eigenvalue weighted by molar-refractivity contribution is 0.364. The van der Waals surface area contributed by atoms with E-state index in [0.717, 1.165) is 21.5 Å². The van der Waals surface area contributed by atoms with Gasteiger partial charge >= 0.3 is 0 Å². The van der Waals surface area contributed by atoms with Crippen LogP contribution in [0.15, 0.2) is 28.1 Å². The molecule has 114 valence electrons. The Hall–Kier alpha value is -1.24. The Bertz CT molecular complexity index is 590. The number of ether oxygens (including phenoxy) is 3. The van der Waals surface area contributed by atoms with Crippen LogP contribution in [-0.2, 0) is 0 Å². The molecule has 0 aliphatic heterocycles. The summed E-state index contributed by atoms with van der Waals surface area (Å²) in [5, 5.41) is 5.38. The van der Waals surface area contributed by atoms with E-state index >= 15 is 0 Å². The topological polar surface area (TPSA) is 39.7 Å². The first-order valence-corrected chi connectivity index (χ1v) is 8.03. The molecular formula is C15H18BrNO3S. The number of methoxy groups -OCH3 is 3. The fourth-order valence-corrected chi connectivity index (χ4v) is 3.95. The van der Waals surface area contributed by atoms with Gasteiger partial charge in [-0.15, -0.1) is 11.3 Å². The minimum atomic E-state index is -0.0322. The third-order valence-corrected chi connectivity index (χ3v) is 5.17. The van der Waals surface area contributed by atoms with Crippen LogP contribution in [0, 0.1) is 0 Å². The van der Waals surface area contributed by atoms with E-state index in [2.05, 4.69) is 21.2 Å². The lowest BCUT2D eigenvalue weighted by Gasteiger charge is -2.22. The second-order valence-corrected chi connectivity index (χ2v) is 6.10. The molecule has 0 aliphatic carbocycles. The van der Waals surface area contributed by atoms with Crippen LogP contribution in [0.2, 0.25) is 0 Å². The summed E-state index contributed by atoms with van der Waals surface area (Å²) in [5.74, 6) is 2.16. The van der Waals surface area contributed by atoms with E-state index in [9.17, 15) is 0 Å². The predicted octanol–water partition coefficient (Wildman–Crippen LogP) is 3.85. The second kappa shape index (κ2) is 7.15. The summed E-state index contributed by atoms with van der Waals surface area (Å²) in [6.07, 6.45) is 0. The molecule has 1 atom stereocenters. The predicted molar refractivity (Wildman–Crippen MR) is 89.0 cm³/mol. The van der Waals surface area contributed by atoms with Gasteiger partial charge in [0.05, 0.1) is 32.9 Å². The largest absolute Gasteiger partial charge is 0.496 e. The van der Waals surface area contributed by atoms with Crippen LogP contribution in [0.25, 0.3) is 0 Å². The van der Waals surface area contributed by atoms with Crippen molar-refractivity contribution < 1.29 is 14.2 Å². The van der Waals surface area contributed by atoms with Crippen LogP contribution >= 0.6 is 27.3 Å². The number of halogens is 1. The minimum absolute atomic E-state index is 0.0322. The quantitative estimate of drug-likeness (QED) is 0.836. The summed E-state index contributed by atoms with van der Waals surface area (Å²) in [6.45, 7) is 0. The fourth-order valence-electron chi connectivity index (χ4n) is 2.24. The van der Waals surface area contributed by atoms with E-state index in [1.807, 2.05) is 30.6 Å². The summed E-state index contributed by atoms with van der Waals surface area (Å²) in [7, 11) is 6.83. The molecule has 0 amide bonds. The minimum Gasteiger partial charge on any atom is -0.496 e. The lowest BCUT2D eigenvalue weighted by atomic mass is 10.0. The summed E-state index contributed by atoms with van der Waals surface area (Å²) < 4.78 is 17.4. The first-order chi connectivity index (χ1) is 10.2. The number of nitrogens with one attached hydrogen (secondary N) is 1. The number of benzene rings is 1. The van der Waals surface area contributed by atoms with Gasteiger partial charge in [0, 0.05) is 21.5 Å². The van der Waals surface area contributed by atoms with Crippen molar-refractivity contribution in [1.82, 2.24) is 5.32 Å². The molecular weight excluding hydrogens is 354 g/mol. The standard InChI is InChI=1S/C15H18BrNO3S/c1-17-14(15-10(16)5-6-21-15)13-11(19-3)7-9(18-2)8-12(13)20-4/h5-8,14,17H,1-4H3. The van der Waals surface area contributed by atoms with E-state index in [0.29, 0.717) is 5.75 Å². The molecule has 0 spiro atoms. The number of rotatable bonds is 6. The number of hydrogen-bond donors (Lipinski definition) is 1. The Morgan fingerprint density at radius 3 is 2.10 bits per heavy atom. The van der Waals surface area contributed by atoms with Crippen LogP contribution < -0.4 is 19.5 Å². The van der Waals surface area contributed by atoms with Crippen molar-refractivity contribution in [3.63, 3.8) is 0 Å². The highest BCUT2D eigenvalue weighted by Gasteiger charge is 2.25. The average molecular weight is 372 g/mol. The molecule has 2 rings (SSSR count). The highest BCUT2D eigenvalue weighted by molar-refractivity contribution is 9.10. The summed E-state index contributed by atoms with van der Waals surface area (Å²) in [4.78, 5) is 1.17. The Kier molecular flexibility index (Phi) is 5.50. The molecule has 6 heteroatoms. The van der Waals surface area contributed by atoms with Gasteiger partial charge < -0.3 is 19.5 Å². The highest BCUT2D eigenvalue weighted by Crippen LogP contribution is 2.43. The van der Waals surface area contributed by atoms with Crippen LogP contribution in [0.3, 0.4) is 0 Å². The van der Waals surface area contributed by atoms with Crippen molar-refractivity contribution in [2.75, 3.05) is 28.4 Å². The summed E-state index contributed by atoms with van der Waals surface area (Å²) >= 11 is 5.26. The Balaban J connectivity index is 2.62. The maximum atomic E-state index is 5.54. The second-order valence-electron chi connectivity index (χ2n) is 4.30. The maximum absolute atomic E-state index is 5.54. The molecule has 1 aromatic carbocycles. The average Bonchev–Trinajstić information content (AvgIpc) is 2.94. The molecule has 1 unspecified atom stereocenters. The van der Waals surface area contributed by atoms with Gasteiger partial charge in [0.25, 0.3) is 0 Å². The van der Waals surface area contributed by atoms with E-state index in [-0.39, 0.29) is 6.04 Å². The highest BCUT2D eigenvalue weighted by atomic mass is 79.9. The van der Waals surface area contributed by atoms with Crippen molar-refractivity contribution in [3.05, 3.63) is 38.5 Å². The Morgan fingerprint density at radius 1 is 1.10 bits per heavy atom. The Labute approximate surface area is 137 Å². The maximum Gasteiger partial charge on any atom is 0.131 e. The first-order valence-electron chi connectivity index (χ1n) is 6.36. The third-order valence-electron chi connectivity index (χ3n) is 3.24. The molecule has 1 N–H and O–H groups in total. The third kappa shape index (κ3) is 3.17. The van der Waals surface area contributed by atoms with Crippen LogP contribution in [-0.4, -0.2) is 28.4 Å². The lowest BCUT2D eigenvalue weighted by Crippen LogP contribution is -2.18. The zero-order valence-electron chi connectivity index (χ0n) is 12.4. The SMILES string of the molecule is CNC(c1sccc1Br)c1c(OC)cc(OC)cc1OC. The van der Waals surface area contributed by atoms with E-state index < -0.39 is 0 Å². The van der Waals surface area contributed by atoms with Crippen molar-refractivity contribution in [1.29, 1.82) is 0 Å². The van der Waals surface area contributed by atoms with Gasteiger partial charge in [-0.25, -0.2) is 0 Å². The summed E-state index contributed by atoms with van der Waals surface area (Å²) in [6, 6.07) is 5.73. The molecule has 0 saturated carbocycles. The van der Waals surface area contributed by atoms with Crippen molar-refractivity contribution >= 4 is 27.3 Å². The smallest absolute Gasteiger partial charge is 0.131 e. The number of hydrogen-bond acceptors (Lipinski definition) is 5. The molecule has 1 heterocycles. The van der Waals surface area contributed by atoms with Crippen molar-refractivity contribution in [2.24, 2.45) is 0 Å². The first kappa shape index (κ1) is 16.1. The van der Waals surface area contributed by atoms with E-state index in [4.69, 9.17) is 14.2 Å². The van der Waals surface area contributed by atoms with Crippen LogP contribution in [0.1, 0.15) is 16.5 Å². The summed E-state index contributed by atoms with van der Waals surface area (Å²) in [5.41, 5.74) is 0.950. The monoisotopic (exact) mass is 371 g/mol. The molecule has 0 radical (unpaired) electrons. The number of thiophene rings is 1. The van der Waals surface area contributed by atoms with E-state index in [1.54, 1.807) is 32.7 Å². The van der Waals surface area contributed by atoms with Gasteiger partial charge in [-0.2, -0.15) is 0 Å². The molecule has 2 aromatic rings. The van der Waals surface area contributed by atoms with Gasteiger partial charge in [0.15, 0.2) is 0 Å². The van der Waals surface area contributed by atoms with Gasteiger partial charge in [-0.1, -0.05) is 0 Å². The van der Waals surface area contributed by atoms with Gasteiger partial charge in [-0.3, -0.25) is 0 Å². The van der Waals surface area contributed by atoms with Crippen LogP contribution in [0.4, 0.5) is 0 Å². The molecule has 1 aromatic heterocycles. The zero-order valence-corrected chi connectivity index (χ0v) is 14.8. The zero-order chi connectivity index (χ0) is 15.4.